The summed E-state index contributed by atoms with van der Waals surface area (Å²) in [5.74, 6) is -2.69. The van der Waals surface area contributed by atoms with Crippen molar-refractivity contribution in [2.45, 2.75) is 34.7 Å². The number of carbonyl (C=O) groups excluding carboxylic acids is 2. The number of imide groups is 1. The van der Waals surface area contributed by atoms with Gasteiger partial charge in [-0.05, 0) is 17.7 Å². The maximum Gasteiger partial charge on any atom is 0.352 e. The summed E-state index contributed by atoms with van der Waals surface area (Å²) < 4.78 is 14.4. The van der Waals surface area contributed by atoms with Crippen LogP contribution in [-0.2, 0) is 16.1 Å². The molecule has 2 aromatic carbocycles. The Hall–Kier alpha value is -3.48. The summed E-state index contributed by atoms with van der Waals surface area (Å²) in [4.78, 5) is 51.8. The summed E-state index contributed by atoms with van der Waals surface area (Å²) in [6.45, 7) is -0.0397. The molecular formula is C27H23BrCl2N4O7. The van der Waals surface area contributed by atoms with Gasteiger partial charge in [-0.25, -0.2) is 23.5 Å². The second kappa shape index (κ2) is 9.53. The van der Waals surface area contributed by atoms with E-state index in [0.717, 1.165) is 9.47 Å². The number of aromatic nitrogens is 3. The van der Waals surface area contributed by atoms with Crippen LogP contribution >= 0.6 is 39.1 Å². The van der Waals surface area contributed by atoms with E-state index in [2.05, 4.69) is 15.9 Å². The summed E-state index contributed by atoms with van der Waals surface area (Å²) in [5, 5.41) is 11.3. The number of phenols is 1. The van der Waals surface area contributed by atoms with Gasteiger partial charge in [-0.1, -0.05) is 40.2 Å². The topological polar surface area (TPSA) is 125 Å². The number of hydrogen-bond donors (Lipinski definition) is 1. The zero-order chi connectivity index (χ0) is 29.4. The van der Waals surface area contributed by atoms with E-state index in [-0.39, 0.29) is 41.2 Å². The highest BCUT2D eigenvalue weighted by molar-refractivity contribution is 9.09. The van der Waals surface area contributed by atoms with E-state index in [1.54, 1.807) is 36.4 Å². The van der Waals surface area contributed by atoms with Gasteiger partial charge in [-0.2, -0.15) is 0 Å². The Morgan fingerprint density at radius 1 is 1.02 bits per heavy atom. The monoisotopic (exact) mass is 664 g/mol. The molecule has 3 heterocycles. The number of aromatic hydroxyl groups is 1. The van der Waals surface area contributed by atoms with Crippen molar-refractivity contribution in [1.29, 1.82) is 0 Å². The Kier molecular flexibility index (Phi) is 6.44. The molecule has 11 nitrogen and oxygen atoms in total. The maximum atomic E-state index is 13.9. The van der Waals surface area contributed by atoms with Crippen molar-refractivity contribution in [1.82, 2.24) is 18.8 Å². The first-order valence-corrected chi connectivity index (χ1v) is 14.4. The standard InChI is InChI=1S/C27H23BrCl2N4O7/c1-40-15-10-18(35)20(19(11-15)41-2)21-16-8-9-32-24(38)33(14-6-4-3-5-7-14)25(39)34(32)17(16)12-26(29)22(36)31(13-28)23(37)27(21,26)30/h3-8,10-11,17,21,35H,9,12-13H2,1-2H3. The number of hydrogen-bond acceptors (Lipinski definition) is 7. The normalized spacial score (nSPS) is 26.8. The molecule has 2 amide bonds. The van der Waals surface area contributed by atoms with Crippen LogP contribution in [0.2, 0.25) is 0 Å². The zero-order valence-corrected chi connectivity index (χ0v) is 24.8. The fourth-order valence-corrected chi connectivity index (χ4v) is 7.68. The molecule has 1 N–H and O–H groups in total. The van der Waals surface area contributed by atoms with E-state index in [9.17, 15) is 24.3 Å². The third kappa shape index (κ3) is 3.50. The van der Waals surface area contributed by atoms with E-state index in [0.29, 0.717) is 11.3 Å². The third-order valence-corrected chi connectivity index (χ3v) is 10.0. The fourth-order valence-electron chi connectivity index (χ4n) is 6.29. The third-order valence-electron chi connectivity index (χ3n) is 8.13. The molecule has 0 bridgehead atoms. The van der Waals surface area contributed by atoms with Crippen molar-refractivity contribution in [3.8, 4) is 22.9 Å². The molecule has 0 spiro atoms. The summed E-state index contributed by atoms with van der Waals surface area (Å²) in [5.41, 5.74) is -0.526. The van der Waals surface area contributed by atoms with Crippen LogP contribution in [-0.4, -0.2) is 65.2 Å². The lowest BCUT2D eigenvalue weighted by Crippen LogP contribution is -2.59. The molecule has 14 heteroatoms. The number of nitrogens with zero attached hydrogens (tertiary/aromatic N) is 4. The number of rotatable bonds is 5. The van der Waals surface area contributed by atoms with E-state index in [4.69, 9.17) is 32.7 Å². The SMILES string of the molecule is COc1cc(O)c(C2C3=CCn4c(=O)n(-c5ccccc5)c(=O)n4C3CC3(Cl)C(=O)N(CBr)C(=O)C23Cl)c(OC)c1. The van der Waals surface area contributed by atoms with E-state index < -0.39 is 44.9 Å². The Morgan fingerprint density at radius 3 is 2.37 bits per heavy atom. The quantitative estimate of drug-likeness (QED) is 0.192. The van der Waals surface area contributed by atoms with Crippen molar-refractivity contribution in [3.05, 3.63) is 80.6 Å². The van der Waals surface area contributed by atoms with Gasteiger partial charge in [0, 0.05) is 30.0 Å². The number of alkyl halides is 3. The molecule has 3 aliphatic rings. The van der Waals surface area contributed by atoms with Crippen LogP contribution in [0.1, 0.15) is 23.9 Å². The van der Waals surface area contributed by atoms with Gasteiger partial charge in [0.25, 0.3) is 11.8 Å². The molecule has 3 aromatic rings. The van der Waals surface area contributed by atoms with E-state index in [1.807, 2.05) is 0 Å². The average Bonchev–Trinajstić information content (AvgIpc) is 3.31. The molecular weight excluding hydrogens is 643 g/mol. The van der Waals surface area contributed by atoms with Gasteiger partial charge in [0.1, 0.15) is 17.2 Å². The number of amides is 2. The number of methoxy groups -OCH3 is 2. The fraction of sp³-hybridized carbons (Fsp3) is 0.333. The maximum absolute atomic E-state index is 13.9. The summed E-state index contributed by atoms with van der Waals surface area (Å²) >= 11 is 17.6. The van der Waals surface area contributed by atoms with Gasteiger partial charge in [0.2, 0.25) is 0 Å². The van der Waals surface area contributed by atoms with Crippen LogP contribution < -0.4 is 20.9 Å². The lowest BCUT2D eigenvalue weighted by atomic mass is 9.64. The van der Waals surface area contributed by atoms with Crippen molar-refractivity contribution in [2.24, 2.45) is 0 Å². The number of halogens is 3. The number of para-hydroxylation sites is 1. The molecule has 4 unspecified atom stereocenters. The van der Waals surface area contributed by atoms with Gasteiger partial charge >= 0.3 is 11.4 Å². The van der Waals surface area contributed by atoms with Gasteiger partial charge in [-0.3, -0.25) is 14.5 Å². The predicted molar refractivity (Wildman–Crippen MR) is 153 cm³/mol. The average molecular weight is 666 g/mol. The Morgan fingerprint density at radius 2 is 1.73 bits per heavy atom. The van der Waals surface area contributed by atoms with Crippen LogP contribution in [0.4, 0.5) is 0 Å². The van der Waals surface area contributed by atoms with Crippen molar-refractivity contribution in [2.75, 3.05) is 19.7 Å². The molecule has 1 aliphatic carbocycles. The minimum atomic E-state index is -2.12. The Labute approximate surface area is 251 Å². The zero-order valence-electron chi connectivity index (χ0n) is 21.7. The van der Waals surface area contributed by atoms with Gasteiger partial charge in [-0.15, -0.1) is 23.2 Å². The van der Waals surface area contributed by atoms with Crippen molar-refractivity contribution >= 4 is 50.9 Å². The van der Waals surface area contributed by atoms with E-state index >= 15 is 0 Å². The molecule has 2 fully saturated rings. The molecule has 214 valence electrons. The van der Waals surface area contributed by atoms with Crippen LogP contribution in [0.25, 0.3) is 5.69 Å². The lowest BCUT2D eigenvalue weighted by Gasteiger charge is -2.49. The Bertz CT molecular complexity index is 1770. The number of ether oxygens (including phenoxy) is 2. The first-order valence-electron chi connectivity index (χ1n) is 12.5. The van der Waals surface area contributed by atoms with Crippen LogP contribution in [0, 0.1) is 0 Å². The summed E-state index contributed by atoms with van der Waals surface area (Å²) in [6.07, 6.45) is 1.41. The number of benzene rings is 2. The van der Waals surface area contributed by atoms with Gasteiger partial charge in [0.15, 0.2) is 9.75 Å². The van der Waals surface area contributed by atoms with Gasteiger partial charge < -0.3 is 14.6 Å². The second-order valence-electron chi connectivity index (χ2n) is 9.95. The lowest BCUT2D eigenvalue weighted by molar-refractivity contribution is -0.138. The van der Waals surface area contributed by atoms with Gasteiger partial charge in [0.05, 0.1) is 37.9 Å². The molecule has 6 rings (SSSR count). The predicted octanol–water partition coefficient (Wildman–Crippen LogP) is 2.87. The number of allylic oxidation sites excluding steroid dienone is 2. The smallest absolute Gasteiger partial charge is 0.352 e. The largest absolute Gasteiger partial charge is 0.507 e. The molecule has 1 aromatic heterocycles. The highest BCUT2D eigenvalue weighted by Crippen LogP contribution is 2.65. The van der Waals surface area contributed by atoms with E-state index in [1.165, 1.54) is 35.7 Å². The minimum Gasteiger partial charge on any atom is -0.507 e. The minimum absolute atomic E-state index is 0.0397. The molecule has 4 atom stereocenters. The molecule has 1 saturated carbocycles. The van der Waals surface area contributed by atoms with Crippen LogP contribution in [0.5, 0.6) is 17.2 Å². The summed E-state index contributed by atoms with van der Waals surface area (Å²) in [6, 6.07) is 10.3. The second-order valence-corrected chi connectivity index (χ2v) is 11.7. The van der Waals surface area contributed by atoms with Crippen molar-refractivity contribution in [3.63, 3.8) is 0 Å². The molecule has 41 heavy (non-hydrogen) atoms. The number of likely N-dealkylation sites (tertiary alicyclic amines) is 1. The first-order chi connectivity index (χ1) is 19.5. The number of phenolic OH excluding ortho intramolecular Hbond substituents is 1. The van der Waals surface area contributed by atoms with Crippen LogP contribution in [0.15, 0.2) is 63.7 Å². The first kappa shape index (κ1) is 27.7. The highest BCUT2D eigenvalue weighted by atomic mass is 79.9. The summed E-state index contributed by atoms with van der Waals surface area (Å²) in [7, 11) is 2.79. The number of fused-ring (bicyclic) bond motifs is 4. The van der Waals surface area contributed by atoms with Crippen LogP contribution in [0.3, 0.4) is 0 Å². The molecule has 0 radical (unpaired) electrons. The number of carbonyl (C=O) groups is 2. The highest BCUT2D eigenvalue weighted by Gasteiger charge is 2.75. The Balaban J connectivity index is 1.65. The van der Waals surface area contributed by atoms with Crippen molar-refractivity contribution < 1.29 is 24.2 Å². The molecule has 1 saturated heterocycles. The molecule has 2 aliphatic heterocycles.